The third kappa shape index (κ3) is 6.47. The summed E-state index contributed by atoms with van der Waals surface area (Å²) in [5, 5.41) is 8.00. The number of aromatic nitrogens is 2. The van der Waals surface area contributed by atoms with Gasteiger partial charge in [-0.05, 0) is 49.0 Å². The molecule has 0 spiro atoms. The molecule has 2 aromatic carbocycles. The Bertz CT molecular complexity index is 1510. The molecule has 42 heavy (non-hydrogen) atoms. The van der Waals surface area contributed by atoms with Crippen LogP contribution in [0.3, 0.4) is 0 Å². The molecule has 2 fully saturated rings. The Balaban J connectivity index is 0.000000451. The second-order valence-corrected chi connectivity index (χ2v) is 9.93. The van der Waals surface area contributed by atoms with Gasteiger partial charge >= 0.3 is 12.1 Å². The number of rotatable bonds is 4. The van der Waals surface area contributed by atoms with E-state index >= 15 is 0 Å². The Kier molecular flexibility index (Phi) is 8.59. The minimum atomic E-state index is -5.08. The SMILES string of the molecule is CN1CCN(c2ncnc3oc(-c4ccc(N5CCOCC5)cc4)c(-c4ccc(F)cc4)c23)CC1.O=C(O)C(F)(F)F. The molecule has 4 heterocycles. The fourth-order valence-corrected chi connectivity index (χ4v) is 4.92. The summed E-state index contributed by atoms with van der Waals surface area (Å²) in [5.41, 5.74) is 4.43. The number of carboxylic acid groups (broad SMARTS) is 1. The first kappa shape index (κ1) is 29.3. The number of morpholine rings is 1. The third-order valence-corrected chi connectivity index (χ3v) is 7.15. The van der Waals surface area contributed by atoms with E-state index in [-0.39, 0.29) is 5.82 Å². The Hall–Kier alpha value is -4.23. The minimum Gasteiger partial charge on any atom is -0.475 e. The van der Waals surface area contributed by atoms with Crippen LogP contribution in [-0.4, -0.2) is 91.6 Å². The standard InChI is InChI=1S/C27H28FN5O2.C2HF3O2/c1-31-10-12-33(13-11-31)26-24-23(19-2-6-21(28)7-3-19)25(35-27(24)30-18-29-26)20-4-8-22(9-5-20)32-14-16-34-17-15-32;3-2(4,5)1(6)7/h2-9,18H,10-17H2,1H3;(H,6,7). The first-order chi connectivity index (χ1) is 20.1. The number of benzene rings is 2. The second kappa shape index (κ2) is 12.3. The lowest BCUT2D eigenvalue weighted by atomic mass is 9.98. The van der Waals surface area contributed by atoms with Crippen LogP contribution in [0.4, 0.5) is 29.1 Å². The van der Waals surface area contributed by atoms with Crippen LogP contribution < -0.4 is 9.80 Å². The van der Waals surface area contributed by atoms with Crippen LogP contribution in [0.2, 0.25) is 0 Å². The highest BCUT2D eigenvalue weighted by atomic mass is 19.4. The van der Waals surface area contributed by atoms with Crippen LogP contribution in [0.15, 0.2) is 59.3 Å². The highest BCUT2D eigenvalue weighted by Gasteiger charge is 2.38. The van der Waals surface area contributed by atoms with Gasteiger partial charge in [0.15, 0.2) is 0 Å². The van der Waals surface area contributed by atoms with Crippen molar-refractivity contribution in [2.45, 2.75) is 6.18 Å². The number of ether oxygens (including phenoxy) is 1. The van der Waals surface area contributed by atoms with Gasteiger partial charge in [0.25, 0.3) is 0 Å². The smallest absolute Gasteiger partial charge is 0.475 e. The van der Waals surface area contributed by atoms with Crippen LogP contribution in [0.1, 0.15) is 0 Å². The number of hydrogen-bond donors (Lipinski definition) is 1. The van der Waals surface area contributed by atoms with Crippen molar-refractivity contribution in [2.75, 3.05) is 69.3 Å². The van der Waals surface area contributed by atoms with Gasteiger partial charge < -0.3 is 29.0 Å². The lowest BCUT2D eigenvalue weighted by molar-refractivity contribution is -0.192. The van der Waals surface area contributed by atoms with Crippen LogP contribution in [0.25, 0.3) is 33.6 Å². The Morgan fingerprint density at radius 2 is 1.45 bits per heavy atom. The summed E-state index contributed by atoms with van der Waals surface area (Å²) in [6, 6.07) is 15.0. The zero-order chi connectivity index (χ0) is 29.9. The molecule has 222 valence electrons. The van der Waals surface area contributed by atoms with Crippen molar-refractivity contribution in [3.8, 4) is 22.5 Å². The number of aliphatic carboxylic acids is 1. The summed E-state index contributed by atoms with van der Waals surface area (Å²) in [4.78, 5) is 25.0. The summed E-state index contributed by atoms with van der Waals surface area (Å²) in [6.45, 7) is 6.93. The number of anilines is 2. The second-order valence-electron chi connectivity index (χ2n) is 9.93. The molecule has 2 aliphatic rings. The fraction of sp³-hybridized carbons (Fsp3) is 0.345. The molecule has 2 aromatic heterocycles. The third-order valence-electron chi connectivity index (χ3n) is 7.15. The monoisotopic (exact) mass is 587 g/mol. The maximum atomic E-state index is 13.8. The number of alkyl halides is 3. The van der Waals surface area contributed by atoms with Crippen molar-refractivity contribution >= 4 is 28.6 Å². The van der Waals surface area contributed by atoms with E-state index in [1.165, 1.54) is 12.1 Å². The van der Waals surface area contributed by atoms with Crippen LogP contribution in [0.5, 0.6) is 0 Å². The van der Waals surface area contributed by atoms with Crippen LogP contribution in [0, 0.1) is 5.82 Å². The van der Waals surface area contributed by atoms with Crippen molar-refractivity contribution in [2.24, 2.45) is 0 Å². The van der Waals surface area contributed by atoms with Crippen molar-refractivity contribution in [3.05, 3.63) is 60.7 Å². The number of nitrogens with zero attached hydrogens (tertiary/aromatic N) is 5. The van der Waals surface area contributed by atoms with E-state index in [2.05, 4.69) is 56.0 Å². The van der Waals surface area contributed by atoms with Gasteiger partial charge in [-0.15, -0.1) is 0 Å². The molecule has 0 saturated carbocycles. The summed E-state index contributed by atoms with van der Waals surface area (Å²) in [5.74, 6) is -1.45. The van der Waals surface area contributed by atoms with Crippen molar-refractivity contribution in [1.29, 1.82) is 0 Å². The summed E-state index contributed by atoms with van der Waals surface area (Å²) >= 11 is 0. The van der Waals surface area contributed by atoms with Gasteiger partial charge in [0.2, 0.25) is 5.71 Å². The zero-order valence-electron chi connectivity index (χ0n) is 22.8. The predicted molar refractivity (Wildman–Crippen MR) is 149 cm³/mol. The van der Waals surface area contributed by atoms with E-state index in [1.807, 2.05) is 0 Å². The molecule has 6 rings (SSSR count). The van der Waals surface area contributed by atoms with E-state index in [0.717, 1.165) is 91.8 Å². The van der Waals surface area contributed by atoms with Gasteiger partial charge in [0, 0.05) is 56.1 Å². The van der Waals surface area contributed by atoms with E-state index in [0.29, 0.717) is 5.71 Å². The average molecular weight is 588 g/mol. The molecular formula is C29H29F4N5O4. The molecule has 0 radical (unpaired) electrons. The normalized spacial score (nSPS) is 16.3. The van der Waals surface area contributed by atoms with Crippen LogP contribution in [-0.2, 0) is 9.53 Å². The van der Waals surface area contributed by atoms with Gasteiger partial charge in [0.1, 0.15) is 23.7 Å². The number of piperazine rings is 1. The molecule has 0 aliphatic carbocycles. The van der Waals surface area contributed by atoms with E-state index < -0.39 is 12.1 Å². The molecule has 1 N–H and O–H groups in total. The molecule has 13 heteroatoms. The fourth-order valence-electron chi connectivity index (χ4n) is 4.92. The Morgan fingerprint density at radius 1 is 0.857 bits per heavy atom. The minimum absolute atomic E-state index is 0.270. The van der Waals surface area contributed by atoms with E-state index in [4.69, 9.17) is 19.1 Å². The Morgan fingerprint density at radius 3 is 2.05 bits per heavy atom. The number of hydrogen-bond acceptors (Lipinski definition) is 8. The van der Waals surface area contributed by atoms with Crippen LogP contribution >= 0.6 is 0 Å². The first-order valence-corrected chi connectivity index (χ1v) is 13.3. The summed E-state index contributed by atoms with van der Waals surface area (Å²) in [6.07, 6.45) is -3.51. The highest BCUT2D eigenvalue weighted by Crippen LogP contribution is 2.43. The number of furan rings is 1. The maximum Gasteiger partial charge on any atom is 0.490 e. The highest BCUT2D eigenvalue weighted by molar-refractivity contribution is 6.06. The van der Waals surface area contributed by atoms with Gasteiger partial charge in [0.05, 0.1) is 18.6 Å². The predicted octanol–water partition coefficient (Wildman–Crippen LogP) is 4.92. The molecule has 0 bridgehead atoms. The van der Waals surface area contributed by atoms with E-state index in [9.17, 15) is 17.6 Å². The van der Waals surface area contributed by atoms with Gasteiger partial charge in [-0.2, -0.15) is 13.2 Å². The van der Waals surface area contributed by atoms with Gasteiger partial charge in [-0.25, -0.2) is 19.2 Å². The number of fused-ring (bicyclic) bond motifs is 1. The quantitative estimate of drug-likeness (QED) is 0.334. The largest absolute Gasteiger partial charge is 0.490 e. The molecule has 0 unspecified atom stereocenters. The summed E-state index contributed by atoms with van der Waals surface area (Å²) in [7, 11) is 2.13. The lowest BCUT2D eigenvalue weighted by Crippen LogP contribution is -2.44. The van der Waals surface area contributed by atoms with Crippen molar-refractivity contribution in [3.63, 3.8) is 0 Å². The van der Waals surface area contributed by atoms with E-state index in [1.54, 1.807) is 18.5 Å². The number of carboxylic acids is 1. The lowest BCUT2D eigenvalue weighted by Gasteiger charge is -2.33. The first-order valence-electron chi connectivity index (χ1n) is 13.3. The Labute approximate surface area is 238 Å². The number of halogens is 4. The number of likely N-dealkylation sites (N-methyl/N-ethyl adjacent to an activating group) is 1. The molecule has 2 saturated heterocycles. The summed E-state index contributed by atoms with van der Waals surface area (Å²) < 4.78 is 57.4. The molecular weight excluding hydrogens is 558 g/mol. The average Bonchev–Trinajstić information content (AvgIpc) is 3.38. The van der Waals surface area contributed by atoms with Crippen molar-refractivity contribution in [1.82, 2.24) is 14.9 Å². The zero-order valence-corrected chi connectivity index (χ0v) is 22.8. The topological polar surface area (TPSA) is 95.2 Å². The molecule has 4 aromatic rings. The van der Waals surface area contributed by atoms with Gasteiger partial charge in [-0.3, -0.25) is 0 Å². The molecule has 0 amide bonds. The van der Waals surface area contributed by atoms with Gasteiger partial charge in [-0.1, -0.05) is 12.1 Å². The van der Waals surface area contributed by atoms with Crippen molar-refractivity contribution < 1.29 is 36.6 Å². The molecule has 0 atom stereocenters. The molecule has 9 nitrogen and oxygen atoms in total. The maximum absolute atomic E-state index is 13.8. The number of carbonyl (C=O) groups is 1. The molecule has 2 aliphatic heterocycles.